The summed E-state index contributed by atoms with van der Waals surface area (Å²) >= 11 is 3.43. The van der Waals surface area contributed by atoms with Crippen LogP contribution in [-0.4, -0.2) is 26.5 Å². The van der Waals surface area contributed by atoms with Crippen molar-refractivity contribution < 1.29 is 27.4 Å². The molecule has 2 rings (SSSR count). The van der Waals surface area contributed by atoms with Crippen molar-refractivity contribution in [3.63, 3.8) is 0 Å². The Morgan fingerprint density at radius 3 is 2.26 bits per heavy atom. The number of aliphatic imine (C=N–C) groups is 1. The van der Waals surface area contributed by atoms with Gasteiger partial charge in [0.1, 0.15) is 5.75 Å². The van der Waals surface area contributed by atoms with Crippen LogP contribution in [0.4, 0.5) is 18.9 Å². The Balaban J connectivity index is 2.04. The summed E-state index contributed by atoms with van der Waals surface area (Å²) in [5, 5.41) is 2.79. The van der Waals surface area contributed by atoms with Gasteiger partial charge in [-0.3, -0.25) is 0 Å². The largest absolute Gasteiger partial charge is 0.573 e. The molecule has 0 aliphatic heterocycles. The van der Waals surface area contributed by atoms with Gasteiger partial charge in [0.2, 0.25) is 0 Å². The summed E-state index contributed by atoms with van der Waals surface area (Å²) in [5.74, 6) is 0.904. The average Bonchev–Trinajstić information content (AvgIpc) is 2.60. The Morgan fingerprint density at radius 2 is 1.70 bits per heavy atom. The summed E-state index contributed by atoms with van der Waals surface area (Å²) in [4.78, 5) is 4.21. The van der Waals surface area contributed by atoms with E-state index in [2.05, 4.69) is 31.0 Å². The third kappa shape index (κ3) is 6.24. The Hall–Kier alpha value is -2.62. The molecular weight excluding hydrogens is 431 g/mol. The first-order chi connectivity index (χ1) is 12.7. The molecule has 0 saturated heterocycles. The molecule has 0 aliphatic carbocycles. The zero-order valence-electron chi connectivity index (χ0n) is 14.4. The quantitative estimate of drug-likeness (QED) is 0.510. The zero-order chi connectivity index (χ0) is 20.0. The smallest absolute Gasteiger partial charge is 0.493 e. The number of methoxy groups -OCH3 is 2. The number of alkyl halides is 3. The first-order valence-corrected chi connectivity index (χ1v) is 8.34. The lowest BCUT2D eigenvalue weighted by Gasteiger charge is -2.12. The Labute approximate surface area is 162 Å². The Bertz CT molecular complexity index is 812. The first-order valence-electron chi connectivity index (χ1n) is 7.55. The number of hydrogen-bond donors (Lipinski definition) is 2. The Kier molecular flexibility index (Phi) is 6.78. The van der Waals surface area contributed by atoms with Crippen LogP contribution in [0.15, 0.2) is 45.9 Å². The first kappa shape index (κ1) is 20.7. The van der Waals surface area contributed by atoms with Crippen molar-refractivity contribution in [3.8, 4) is 17.2 Å². The minimum Gasteiger partial charge on any atom is -0.493 e. The molecule has 6 nitrogen and oxygen atoms in total. The molecule has 0 spiro atoms. The molecule has 27 heavy (non-hydrogen) atoms. The monoisotopic (exact) mass is 447 g/mol. The lowest BCUT2D eigenvalue weighted by Crippen LogP contribution is -2.22. The fraction of sp³-hybridized carbons (Fsp3) is 0.235. The molecule has 0 radical (unpaired) electrons. The van der Waals surface area contributed by atoms with E-state index in [-0.39, 0.29) is 18.3 Å². The number of guanidine groups is 1. The normalized spacial score (nSPS) is 11.9. The van der Waals surface area contributed by atoms with Crippen molar-refractivity contribution in [1.82, 2.24) is 0 Å². The van der Waals surface area contributed by atoms with Gasteiger partial charge in [-0.15, -0.1) is 13.2 Å². The van der Waals surface area contributed by atoms with Gasteiger partial charge in [0, 0.05) is 10.2 Å². The van der Waals surface area contributed by atoms with Crippen molar-refractivity contribution in [1.29, 1.82) is 0 Å². The van der Waals surface area contributed by atoms with Crippen molar-refractivity contribution in [2.24, 2.45) is 10.7 Å². The molecule has 2 aromatic rings. The van der Waals surface area contributed by atoms with Gasteiger partial charge in [-0.1, -0.05) is 15.9 Å². The SMILES string of the molecule is COc1cc(Br)c(CN=C(N)Nc2ccc(OC(F)(F)F)cc2)cc1OC. The van der Waals surface area contributed by atoms with E-state index in [0.29, 0.717) is 17.2 Å². The molecule has 0 amide bonds. The van der Waals surface area contributed by atoms with Crippen molar-refractivity contribution in [3.05, 3.63) is 46.4 Å². The molecule has 2 aromatic carbocycles. The summed E-state index contributed by atoms with van der Waals surface area (Å²) in [6, 6.07) is 8.67. The van der Waals surface area contributed by atoms with Crippen LogP contribution in [-0.2, 0) is 6.54 Å². The van der Waals surface area contributed by atoms with Crippen molar-refractivity contribution >= 4 is 27.6 Å². The molecule has 146 valence electrons. The van der Waals surface area contributed by atoms with Crippen LogP contribution >= 0.6 is 15.9 Å². The van der Waals surface area contributed by atoms with Gasteiger partial charge in [-0.25, -0.2) is 4.99 Å². The molecule has 10 heteroatoms. The van der Waals surface area contributed by atoms with E-state index in [0.717, 1.165) is 10.0 Å². The molecule has 0 bridgehead atoms. The summed E-state index contributed by atoms with van der Waals surface area (Å²) < 4.78 is 51.5. The summed E-state index contributed by atoms with van der Waals surface area (Å²) in [6.45, 7) is 0.245. The molecule has 0 atom stereocenters. The van der Waals surface area contributed by atoms with Crippen LogP contribution < -0.4 is 25.3 Å². The number of rotatable bonds is 6. The Morgan fingerprint density at radius 1 is 1.11 bits per heavy atom. The maximum Gasteiger partial charge on any atom is 0.573 e. The number of nitrogens with one attached hydrogen (secondary N) is 1. The number of benzene rings is 2. The fourth-order valence-corrected chi connectivity index (χ4v) is 2.56. The van der Waals surface area contributed by atoms with Crippen LogP contribution in [0.3, 0.4) is 0 Å². The van der Waals surface area contributed by atoms with E-state index in [1.54, 1.807) is 12.1 Å². The van der Waals surface area contributed by atoms with Crippen LogP contribution in [0, 0.1) is 0 Å². The van der Waals surface area contributed by atoms with E-state index in [1.807, 2.05) is 0 Å². The predicted octanol–water partition coefficient (Wildman–Crippen LogP) is 4.29. The maximum absolute atomic E-state index is 12.2. The third-order valence-corrected chi connectivity index (χ3v) is 4.07. The number of hydrogen-bond acceptors (Lipinski definition) is 4. The molecule has 0 heterocycles. The molecule has 0 aromatic heterocycles. The number of nitrogens with two attached hydrogens (primary N) is 1. The van der Waals surface area contributed by atoms with Gasteiger partial charge in [-0.05, 0) is 42.0 Å². The highest BCUT2D eigenvalue weighted by Crippen LogP contribution is 2.33. The van der Waals surface area contributed by atoms with Gasteiger partial charge >= 0.3 is 6.36 Å². The number of ether oxygens (including phenoxy) is 3. The van der Waals surface area contributed by atoms with E-state index < -0.39 is 6.36 Å². The molecular formula is C17H17BrF3N3O3. The van der Waals surface area contributed by atoms with Crippen LogP contribution in [0.2, 0.25) is 0 Å². The van der Waals surface area contributed by atoms with E-state index in [9.17, 15) is 13.2 Å². The van der Waals surface area contributed by atoms with Crippen LogP contribution in [0.5, 0.6) is 17.2 Å². The van der Waals surface area contributed by atoms with Crippen molar-refractivity contribution in [2.45, 2.75) is 12.9 Å². The van der Waals surface area contributed by atoms with Gasteiger partial charge in [-0.2, -0.15) is 0 Å². The molecule has 3 N–H and O–H groups in total. The second-order valence-corrected chi connectivity index (χ2v) is 6.05. The van der Waals surface area contributed by atoms with Crippen molar-refractivity contribution in [2.75, 3.05) is 19.5 Å². The summed E-state index contributed by atoms with van der Waals surface area (Å²) in [7, 11) is 3.07. The number of nitrogens with zero attached hydrogens (tertiary/aromatic N) is 1. The second-order valence-electron chi connectivity index (χ2n) is 5.20. The zero-order valence-corrected chi connectivity index (χ0v) is 16.0. The summed E-state index contributed by atoms with van der Waals surface area (Å²) in [6.07, 6.45) is -4.73. The van der Waals surface area contributed by atoms with E-state index in [4.69, 9.17) is 15.2 Å². The number of halogens is 4. The van der Waals surface area contributed by atoms with E-state index >= 15 is 0 Å². The second kappa shape index (κ2) is 8.85. The lowest BCUT2D eigenvalue weighted by atomic mass is 10.2. The van der Waals surface area contributed by atoms with Gasteiger partial charge in [0.25, 0.3) is 0 Å². The van der Waals surface area contributed by atoms with Crippen LogP contribution in [0.25, 0.3) is 0 Å². The molecule has 0 aliphatic rings. The van der Waals surface area contributed by atoms with Crippen LogP contribution in [0.1, 0.15) is 5.56 Å². The number of anilines is 1. The predicted molar refractivity (Wildman–Crippen MR) is 99.3 cm³/mol. The lowest BCUT2D eigenvalue weighted by molar-refractivity contribution is -0.274. The highest BCUT2D eigenvalue weighted by atomic mass is 79.9. The minimum absolute atomic E-state index is 0.0983. The fourth-order valence-electron chi connectivity index (χ4n) is 2.12. The molecule has 0 unspecified atom stereocenters. The van der Waals surface area contributed by atoms with Gasteiger partial charge in [0.05, 0.1) is 20.8 Å². The average molecular weight is 448 g/mol. The highest BCUT2D eigenvalue weighted by molar-refractivity contribution is 9.10. The highest BCUT2D eigenvalue weighted by Gasteiger charge is 2.30. The third-order valence-electron chi connectivity index (χ3n) is 3.33. The molecule has 0 fully saturated rings. The topological polar surface area (TPSA) is 78.1 Å². The van der Waals surface area contributed by atoms with E-state index in [1.165, 1.54) is 38.5 Å². The van der Waals surface area contributed by atoms with Gasteiger partial charge < -0.3 is 25.3 Å². The minimum atomic E-state index is -4.73. The van der Waals surface area contributed by atoms with Gasteiger partial charge in [0.15, 0.2) is 17.5 Å². The standard InChI is InChI=1S/C17H17BrF3N3O3/c1-25-14-7-10(13(18)8-15(14)26-2)9-23-16(22)24-11-3-5-12(6-4-11)27-17(19,20)21/h3-8H,9H2,1-2H3,(H3,22,23,24). The maximum atomic E-state index is 12.2. The summed E-state index contributed by atoms with van der Waals surface area (Å²) in [5.41, 5.74) is 7.11. The molecule has 0 saturated carbocycles.